The van der Waals surface area contributed by atoms with Crippen LogP contribution >= 0.6 is 0 Å². The molecule has 1 aliphatic heterocycles. The fourth-order valence-corrected chi connectivity index (χ4v) is 2.84. The monoisotopic (exact) mass is 324 g/mol. The molecule has 0 spiro atoms. The van der Waals surface area contributed by atoms with Gasteiger partial charge in [0.05, 0.1) is 18.7 Å². The highest BCUT2D eigenvalue weighted by Gasteiger charge is 2.21. The molecule has 1 heterocycles. The summed E-state index contributed by atoms with van der Waals surface area (Å²) in [5.74, 6) is 0.530. The summed E-state index contributed by atoms with van der Waals surface area (Å²) < 4.78 is 5.57. The van der Waals surface area contributed by atoms with Crippen molar-refractivity contribution >= 4 is 23.2 Å². The predicted octanol–water partition coefficient (Wildman–Crippen LogP) is 2.92. The van der Waals surface area contributed by atoms with Crippen LogP contribution in [0.4, 0.5) is 11.4 Å². The van der Waals surface area contributed by atoms with Crippen molar-refractivity contribution in [2.45, 2.75) is 20.3 Å². The van der Waals surface area contributed by atoms with E-state index in [2.05, 4.69) is 5.32 Å². The molecule has 5 heteroatoms. The van der Waals surface area contributed by atoms with E-state index in [4.69, 9.17) is 4.74 Å². The molecule has 1 aliphatic rings. The molecule has 0 saturated carbocycles. The first-order valence-electron chi connectivity index (χ1n) is 7.93. The maximum atomic E-state index is 12.3. The molecule has 5 nitrogen and oxygen atoms in total. The number of hydrogen-bond donors (Lipinski definition) is 1. The Hall–Kier alpha value is -2.82. The van der Waals surface area contributed by atoms with Gasteiger partial charge >= 0.3 is 0 Å². The number of benzene rings is 2. The number of nitrogens with one attached hydrogen (secondary N) is 1. The van der Waals surface area contributed by atoms with Crippen LogP contribution in [-0.2, 0) is 16.0 Å². The van der Waals surface area contributed by atoms with Gasteiger partial charge < -0.3 is 15.0 Å². The number of aryl methyl sites for hydroxylation is 1. The molecule has 0 atom stereocenters. The highest BCUT2D eigenvalue weighted by molar-refractivity contribution is 5.97. The van der Waals surface area contributed by atoms with Crippen LogP contribution in [0.25, 0.3) is 0 Å². The van der Waals surface area contributed by atoms with E-state index in [1.54, 1.807) is 23.1 Å². The Morgan fingerprint density at radius 1 is 1.21 bits per heavy atom. The quantitative estimate of drug-likeness (QED) is 0.944. The zero-order valence-corrected chi connectivity index (χ0v) is 13.8. The van der Waals surface area contributed by atoms with Crippen LogP contribution in [0.2, 0.25) is 0 Å². The van der Waals surface area contributed by atoms with Crippen LogP contribution in [-0.4, -0.2) is 25.0 Å². The van der Waals surface area contributed by atoms with Gasteiger partial charge in [0.25, 0.3) is 0 Å². The van der Waals surface area contributed by atoms with Gasteiger partial charge in [0.2, 0.25) is 11.8 Å². The van der Waals surface area contributed by atoms with Crippen LogP contribution in [0.15, 0.2) is 42.5 Å². The van der Waals surface area contributed by atoms with E-state index in [0.29, 0.717) is 36.7 Å². The lowest BCUT2D eigenvalue weighted by atomic mass is 10.1. The Morgan fingerprint density at radius 3 is 2.79 bits per heavy atom. The standard InChI is InChI=1S/C19H20N2O3/c1-13-4-3-5-15(10-13)11-19(23)20-16-6-7-18-17(12-16)21(14(2)22)8-9-24-18/h3-7,10,12H,8-9,11H2,1-2H3,(H,20,23). The number of ether oxygens (including phenoxy) is 1. The van der Waals surface area contributed by atoms with Gasteiger partial charge in [-0.1, -0.05) is 29.8 Å². The predicted molar refractivity (Wildman–Crippen MR) is 93.5 cm³/mol. The number of nitrogens with zero attached hydrogens (tertiary/aromatic N) is 1. The Balaban J connectivity index is 1.75. The second-order valence-corrected chi connectivity index (χ2v) is 5.92. The van der Waals surface area contributed by atoms with Crippen molar-refractivity contribution in [2.75, 3.05) is 23.4 Å². The van der Waals surface area contributed by atoms with Crippen LogP contribution in [0.3, 0.4) is 0 Å². The molecule has 0 fully saturated rings. The zero-order chi connectivity index (χ0) is 17.1. The first-order valence-corrected chi connectivity index (χ1v) is 7.93. The molecule has 2 aromatic carbocycles. The van der Waals surface area contributed by atoms with Crippen LogP contribution < -0.4 is 15.0 Å². The van der Waals surface area contributed by atoms with E-state index < -0.39 is 0 Å². The summed E-state index contributed by atoms with van der Waals surface area (Å²) in [5, 5.41) is 2.89. The van der Waals surface area contributed by atoms with Crippen molar-refractivity contribution in [3.63, 3.8) is 0 Å². The van der Waals surface area contributed by atoms with Crippen molar-refractivity contribution in [1.82, 2.24) is 0 Å². The number of hydrogen-bond acceptors (Lipinski definition) is 3. The van der Waals surface area contributed by atoms with E-state index >= 15 is 0 Å². The molecule has 0 radical (unpaired) electrons. The molecular formula is C19H20N2O3. The third-order valence-corrected chi connectivity index (χ3v) is 3.93. The number of rotatable bonds is 3. The van der Waals surface area contributed by atoms with Crippen molar-refractivity contribution in [3.05, 3.63) is 53.6 Å². The smallest absolute Gasteiger partial charge is 0.228 e. The first-order chi connectivity index (χ1) is 11.5. The minimum Gasteiger partial charge on any atom is -0.490 e. The first kappa shape index (κ1) is 16.1. The average molecular weight is 324 g/mol. The minimum absolute atomic E-state index is 0.0391. The van der Waals surface area contributed by atoms with Gasteiger partial charge in [0, 0.05) is 12.6 Å². The number of amides is 2. The van der Waals surface area contributed by atoms with Gasteiger partial charge in [-0.2, -0.15) is 0 Å². The summed E-state index contributed by atoms with van der Waals surface area (Å²) in [4.78, 5) is 25.7. The maximum Gasteiger partial charge on any atom is 0.228 e. The highest BCUT2D eigenvalue weighted by Crippen LogP contribution is 2.34. The third-order valence-electron chi connectivity index (χ3n) is 3.93. The normalized spacial score (nSPS) is 13.0. The Labute approximate surface area is 141 Å². The van der Waals surface area contributed by atoms with E-state index in [-0.39, 0.29) is 11.8 Å². The van der Waals surface area contributed by atoms with Gasteiger partial charge in [-0.05, 0) is 30.7 Å². The summed E-state index contributed by atoms with van der Waals surface area (Å²) >= 11 is 0. The molecule has 0 saturated heterocycles. The maximum absolute atomic E-state index is 12.3. The van der Waals surface area contributed by atoms with Gasteiger partial charge in [-0.3, -0.25) is 9.59 Å². The van der Waals surface area contributed by atoms with E-state index in [1.165, 1.54) is 6.92 Å². The Morgan fingerprint density at radius 2 is 2.04 bits per heavy atom. The minimum atomic E-state index is -0.0911. The summed E-state index contributed by atoms with van der Waals surface area (Å²) in [5.41, 5.74) is 3.45. The summed E-state index contributed by atoms with van der Waals surface area (Å²) in [7, 11) is 0. The van der Waals surface area contributed by atoms with Gasteiger partial charge in [-0.15, -0.1) is 0 Å². The van der Waals surface area contributed by atoms with Crippen molar-refractivity contribution in [1.29, 1.82) is 0 Å². The number of carbonyl (C=O) groups is 2. The van der Waals surface area contributed by atoms with Crippen molar-refractivity contribution in [2.24, 2.45) is 0 Å². The van der Waals surface area contributed by atoms with Crippen molar-refractivity contribution < 1.29 is 14.3 Å². The molecule has 1 N–H and O–H groups in total. The molecule has 2 amide bonds. The lowest BCUT2D eigenvalue weighted by molar-refractivity contribution is -0.117. The molecule has 0 aliphatic carbocycles. The summed E-state index contributed by atoms with van der Waals surface area (Å²) in [6, 6.07) is 13.2. The Bertz CT molecular complexity index is 786. The molecular weight excluding hydrogens is 304 g/mol. The largest absolute Gasteiger partial charge is 0.490 e. The lowest BCUT2D eigenvalue weighted by Crippen LogP contribution is -2.36. The topological polar surface area (TPSA) is 58.6 Å². The van der Waals surface area contributed by atoms with Crippen LogP contribution in [0, 0.1) is 6.92 Å². The van der Waals surface area contributed by atoms with Gasteiger partial charge in [0.15, 0.2) is 0 Å². The zero-order valence-electron chi connectivity index (χ0n) is 13.8. The molecule has 124 valence electrons. The van der Waals surface area contributed by atoms with Gasteiger partial charge in [-0.25, -0.2) is 0 Å². The van der Waals surface area contributed by atoms with E-state index in [1.807, 2.05) is 31.2 Å². The lowest BCUT2D eigenvalue weighted by Gasteiger charge is -2.29. The second kappa shape index (κ2) is 6.74. The van der Waals surface area contributed by atoms with Crippen LogP contribution in [0.1, 0.15) is 18.1 Å². The molecule has 0 unspecified atom stereocenters. The molecule has 0 bridgehead atoms. The van der Waals surface area contributed by atoms with E-state index in [0.717, 1.165) is 11.1 Å². The Kier molecular flexibility index (Phi) is 4.51. The highest BCUT2D eigenvalue weighted by atomic mass is 16.5. The van der Waals surface area contributed by atoms with Crippen LogP contribution in [0.5, 0.6) is 5.75 Å². The molecule has 0 aromatic heterocycles. The SMILES string of the molecule is CC(=O)N1CCOc2ccc(NC(=O)Cc3cccc(C)c3)cc21. The third kappa shape index (κ3) is 3.56. The molecule has 24 heavy (non-hydrogen) atoms. The van der Waals surface area contributed by atoms with Gasteiger partial charge in [0.1, 0.15) is 12.4 Å². The summed E-state index contributed by atoms with van der Waals surface area (Å²) in [6.07, 6.45) is 0.311. The average Bonchev–Trinajstić information content (AvgIpc) is 2.54. The summed E-state index contributed by atoms with van der Waals surface area (Å²) in [6.45, 7) is 4.52. The number of fused-ring (bicyclic) bond motifs is 1. The fourth-order valence-electron chi connectivity index (χ4n) is 2.84. The fraction of sp³-hybridized carbons (Fsp3) is 0.263. The number of anilines is 2. The molecule has 2 aromatic rings. The number of carbonyl (C=O) groups excluding carboxylic acids is 2. The van der Waals surface area contributed by atoms with Crippen molar-refractivity contribution in [3.8, 4) is 5.75 Å². The molecule has 3 rings (SSSR count). The van der Waals surface area contributed by atoms with E-state index in [9.17, 15) is 9.59 Å². The second-order valence-electron chi connectivity index (χ2n) is 5.92.